The van der Waals surface area contributed by atoms with Crippen LogP contribution in [-0.2, 0) is 4.79 Å². The molecule has 1 atom stereocenters. The van der Waals surface area contributed by atoms with E-state index in [4.69, 9.17) is 9.47 Å². The van der Waals surface area contributed by atoms with Crippen molar-refractivity contribution in [3.05, 3.63) is 24.3 Å². The summed E-state index contributed by atoms with van der Waals surface area (Å²) < 4.78 is 10.9. The minimum Gasteiger partial charge on any atom is -0.497 e. The molecule has 0 aliphatic heterocycles. The van der Waals surface area contributed by atoms with E-state index in [0.29, 0.717) is 24.5 Å². The number of methoxy groups -OCH3 is 1. The number of hydrogen-bond acceptors (Lipinski definition) is 4. The van der Waals surface area contributed by atoms with Gasteiger partial charge in [0, 0.05) is 19.2 Å². The highest BCUT2D eigenvalue weighted by Gasteiger charge is 2.18. The van der Waals surface area contributed by atoms with Crippen molar-refractivity contribution in [3.63, 3.8) is 0 Å². The second kappa shape index (κ2) is 8.43. The minimum atomic E-state index is -0.482. The van der Waals surface area contributed by atoms with E-state index in [1.807, 2.05) is 44.1 Å². The normalized spacial score (nSPS) is 12.1. The Morgan fingerprint density at radius 2 is 2.05 bits per heavy atom. The van der Waals surface area contributed by atoms with Crippen LogP contribution < -0.4 is 14.8 Å². The second-order valence-electron chi connectivity index (χ2n) is 4.79. The molecule has 0 aliphatic carbocycles. The summed E-state index contributed by atoms with van der Waals surface area (Å²) in [6.07, 6.45) is 0.134. The number of carbonyl (C=O) groups excluding carboxylic acids is 1. The molecular weight excluding hydrogens is 256 g/mol. The maximum absolute atomic E-state index is 12.0. The molecule has 0 aliphatic rings. The van der Waals surface area contributed by atoms with Gasteiger partial charge in [0.25, 0.3) is 5.91 Å². The van der Waals surface area contributed by atoms with Crippen LogP contribution >= 0.6 is 0 Å². The number of benzene rings is 1. The van der Waals surface area contributed by atoms with Gasteiger partial charge < -0.3 is 19.7 Å². The van der Waals surface area contributed by atoms with Crippen LogP contribution in [0.2, 0.25) is 0 Å². The van der Waals surface area contributed by atoms with Crippen LogP contribution in [0.15, 0.2) is 24.3 Å². The predicted molar refractivity (Wildman–Crippen MR) is 79.3 cm³/mol. The zero-order chi connectivity index (χ0) is 15.0. The molecule has 0 fully saturated rings. The minimum absolute atomic E-state index is 0.0860. The van der Waals surface area contributed by atoms with Crippen molar-refractivity contribution in [2.75, 3.05) is 34.3 Å². The van der Waals surface area contributed by atoms with Gasteiger partial charge in [-0.25, -0.2) is 0 Å². The predicted octanol–water partition coefficient (Wildman–Crippen LogP) is 1.53. The summed E-state index contributed by atoms with van der Waals surface area (Å²) in [6.45, 7) is 3.35. The molecular formula is C15H24N2O3. The number of nitrogens with zero attached hydrogens (tertiary/aromatic N) is 1. The lowest BCUT2D eigenvalue weighted by Gasteiger charge is -2.18. The topological polar surface area (TPSA) is 50.8 Å². The van der Waals surface area contributed by atoms with Crippen LogP contribution in [0.4, 0.5) is 0 Å². The molecule has 0 radical (unpaired) electrons. The highest BCUT2D eigenvalue weighted by atomic mass is 16.5. The van der Waals surface area contributed by atoms with E-state index in [1.165, 1.54) is 0 Å². The van der Waals surface area contributed by atoms with E-state index in [9.17, 15) is 4.79 Å². The van der Waals surface area contributed by atoms with Crippen LogP contribution in [0.3, 0.4) is 0 Å². The molecule has 1 aromatic carbocycles. The maximum Gasteiger partial charge on any atom is 0.261 e. The van der Waals surface area contributed by atoms with Crippen LogP contribution in [-0.4, -0.2) is 51.2 Å². The van der Waals surface area contributed by atoms with Gasteiger partial charge in [0.2, 0.25) is 0 Å². The molecule has 1 amide bonds. The summed E-state index contributed by atoms with van der Waals surface area (Å²) in [4.78, 5) is 14.0. The van der Waals surface area contributed by atoms with Crippen molar-refractivity contribution in [3.8, 4) is 11.5 Å². The standard InChI is InChI=1S/C15H24N2O3/c1-5-14(15(18)16-9-10-17(2)3)20-13-8-6-7-12(11-13)19-4/h6-8,11,14H,5,9-10H2,1-4H3,(H,16,18). The lowest BCUT2D eigenvalue weighted by atomic mass is 10.2. The number of nitrogens with one attached hydrogen (secondary N) is 1. The van der Waals surface area contributed by atoms with Crippen molar-refractivity contribution in [1.82, 2.24) is 10.2 Å². The molecule has 0 aromatic heterocycles. The zero-order valence-corrected chi connectivity index (χ0v) is 12.7. The molecule has 0 saturated heterocycles. The molecule has 5 nitrogen and oxygen atoms in total. The van der Waals surface area contributed by atoms with Gasteiger partial charge in [-0.15, -0.1) is 0 Å². The Bertz CT molecular complexity index is 421. The summed E-state index contributed by atoms with van der Waals surface area (Å²) in [5.41, 5.74) is 0. The Morgan fingerprint density at radius 3 is 2.65 bits per heavy atom. The third-order valence-corrected chi connectivity index (χ3v) is 2.84. The SMILES string of the molecule is CCC(Oc1cccc(OC)c1)C(=O)NCCN(C)C. The lowest BCUT2D eigenvalue weighted by Crippen LogP contribution is -2.40. The summed E-state index contributed by atoms with van der Waals surface area (Å²) in [7, 11) is 5.54. The summed E-state index contributed by atoms with van der Waals surface area (Å²) in [5.74, 6) is 1.27. The van der Waals surface area contributed by atoms with Crippen molar-refractivity contribution >= 4 is 5.91 Å². The second-order valence-corrected chi connectivity index (χ2v) is 4.79. The summed E-state index contributed by atoms with van der Waals surface area (Å²) in [5, 5.41) is 2.88. The largest absolute Gasteiger partial charge is 0.497 e. The smallest absolute Gasteiger partial charge is 0.261 e. The van der Waals surface area contributed by atoms with Gasteiger partial charge >= 0.3 is 0 Å². The molecule has 112 valence electrons. The number of ether oxygens (including phenoxy) is 2. The van der Waals surface area contributed by atoms with E-state index in [2.05, 4.69) is 5.32 Å². The van der Waals surface area contributed by atoms with Crippen molar-refractivity contribution in [2.45, 2.75) is 19.4 Å². The Morgan fingerprint density at radius 1 is 1.35 bits per heavy atom. The van der Waals surface area contributed by atoms with Crippen LogP contribution in [0.25, 0.3) is 0 Å². The Balaban J connectivity index is 2.54. The summed E-state index contributed by atoms with van der Waals surface area (Å²) in [6, 6.07) is 7.27. The van der Waals surface area contributed by atoms with E-state index in [-0.39, 0.29) is 5.91 Å². The number of rotatable bonds is 8. The fourth-order valence-electron chi connectivity index (χ4n) is 1.68. The van der Waals surface area contributed by atoms with Gasteiger partial charge in [0.05, 0.1) is 7.11 Å². The Kier molecular flexibility index (Phi) is 6.87. The van der Waals surface area contributed by atoms with E-state index in [0.717, 1.165) is 6.54 Å². The van der Waals surface area contributed by atoms with E-state index < -0.39 is 6.10 Å². The van der Waals surface area contributed by atoms with Gasteiger partial charge in [-0.2, -0.15) is 0 Å². The first kappa shape index (κ1) is 16.3. The first-order valence-electron chi connectivity index (χ1n) is 6.80. The Hall–Kier alpha value is -1.75. The molecule has 1 rings (SSSR count). The van der Waals surface area contributed by atoms with Gasteiger partial charge in [-0.1, -0.05) is 13.0 Å². The van der Waals surface area contributed by atoms with Gasteiger partial charge in [-0.05, 0) is 32.6 Å². The monoisotopic (exact) mass is 280 g/mol. The number of carbonyl (C=O) groups is 1. The van der Waals surface area contributed by atoms with Crippen molar-refractivity contribution < 1.29 is 14.3 Å². The molecule has 1 N–H and O–H groups in total. The lowest BCUT2D eigenvalue weighted by molar-refractivity contribution is -0.128. The molecule has 0 heterocycles. The first-order chi connectivity index (χ1) is 9.56. The number of likely N-dealkylation sites (N-methyl/N-ethyl adjacent to an activating group) is 1. The van der Waals surface area contributed by atoms with E-state index in [1.54, 1.807) is 13.2 Å². The third-order valence-electron chi connectivity index (χ3n) is 2.84. The van der Waals surface area contributed by atoms with Crippen LogP contribution in [0.5, 0.6) is 11.5 Å². The summed E-state index contributed by atoms with van der Waals surface area (Å²) >= 11 is 0. The zero-order valence-electron chi connectivity index (χ0n) is 12.7. The number of hydrogen-bond donors (Lipinski definition) is 1. The van der Waals surface area contributed by atoms with Gasteiger partial charge in [-0.3, -0.25) is 4.79 Å². The van der Waals surface area contributed by atoms with Crippen molar-refractivity contribution in [1.29, 1.82) is 0 Å². The molecule has 0 saturated carbocycles. The van der Waals surface area contributed by atoms with E-state index >= 15 is 0 Å². The average Bonchev–Trinajstić information content (AvgIpc) is 2.44. The van der Waals surface area contributed by atoms with Gasteiger partial charge in [0.15, 0.2) is 6.10 Å². The molecule has 0 spiro atoms. The maximum atomic E-state index is 12.0. The molecule has 0 bridgehead atoms. The average molecular weight is 280 g/mol. The highest BCUT2D eigenvalue weighted by molar-refractivity contribution is 5.81. The fraction of sp³-hybridized carbons (Fsp3) is 0.533. The molecule has 5 heteroatoms. The number of amides is 1. The molecule has 1 aromatic rings. The van der Waals surface area contributed by atoms with Crippen LogP contribution in [0.1, 0.15) is 13.3 Å². The molecule has 20 heavy (non-hydrogen) atoms. The van der Waals surface area contributed by atoms with Gasteiger partial charge in [0.1, 0.15) is 11.5 Å². The third kappa shape index (κ3) is 5.48. The highest BCUT2D eigenvalue weighted by Crippen LogP contribution is 2.20. The fourth-order valence-corrected chi connectivity index (χ4v) is 1.68. The quantitative estimate of drug-likeness (QED) is 0.784. The van der Waals surface area contributed by atoms with Crippen molar-refractivity contribution in [2.24, 2.45) is 0 Å². The first-order valence-corrected chi connectivity index (χ1v) is 6.80. The van der Waals surface area contributed by atoms with Crippen LogP contribution in [0, 0.1) is 0 Å². The molecule has 1 unspecified atom stereocenters. The Labute approximate surface area is 120 Å².